The molecule has 2 N–H and O–H groups in total. The van der Waals surface area contributed by atoms with Crippen LogP contribution in [-0.2, 0) is 9.53 Å². The number of fused-ring (bicyclic) bond motifs is 1. The maximum absolute atomic E-state index is 12.2. The van der Waals surface area contributed by atoms with Crippen molar-refractivity contribution in [1.29, 1.82) is 0 Å². The zero-order valence-electron chi connectivity index (χ0n) is 11.3. The van der Waals surface area contributed by atoms with Gasteiger partial charge in [-0.25, -0.2) is 4.79 Å². The highest BCUT2D eigenvalue weighted by molar-refractivity contribution is 7.21. The summed E-state index contributed by atoms with van der Waals surface area (Å²) in [6.07, 6.45) is 0.476. The SMILES string of the molecule is COC(=O)C(NC(=O)c1cc2nccc(Cl)c2s1)C(C)O. The number of pyridine rings is 1. The standard InChI is InChI=1S/C13H13ClN2O4S/c1-6(17)10(13(19)20-2)16-12(18)9-5-8-11(21-9)7(14)3-4-15-8/h3-6,10,17H,1-2H3,(H,16,18). The molecule has 112 valence electrons. The van der Waals surface area contributed by atoms with Gasteiger partial charge in [0, 0.05) is 6.20 Å². The predicted octanol–water partition coefficient (Wildman–Crippen LogP) is 1.60. The van der Waals surface area contributed by atoms with Crippen LogP contribution < -0.4 is 5.32 Å². The molecule has 0 aliphatic carbocycles. The van der Waals surface area contributed by atoms with Crippen LogP contribution in [0.3, 0.4) is 0 Å². The Morgan fingerprint density at radius 3 is 2.81 bits per heavy atom. The second-order valence-electron chi connectivity index (χ2n) is 4.33. The number of ether oxygens (including phenoxy) is 1. The molecule has 2 rings (SSSR count). The van der Waals surface area contributed by atoms with Crippen LogP contribution in [0.2, 0.25) is 5.02 Å². The number of rotatable bonds is 4. The number of hydrogen-bond donors (Lipinski definition) is 2. The van der Waals surface area contributed by atoms with E-state index in [0.717, 1.165) is 11.3 Å². The first-order valence-corrected chi connectivity index (χ1v) is 7.24. The predicted molar refractivity (Wildman–Crippen MR) is 79.6 cm³/mol. The van der Waals surface area contributed by atoms with Gasteiger partial charge in [-0.1, -0.05) is 11.6 Å². The Balaban J connectivity index is 2.25. The van der Waals surface area contributed by atoms with Crippen LogP contribution in [0.4, 0.5) is 0 Å². The van der Waals surface area contributed by atoms with Crippen LogP contribution in [0.15, 0.2) is 18.3 Å². The number of carbonyl (C=O) groups excluding carboxylic acids is 2. The summed E-state index contributed by atoms with van der Waals surface area (Å²) in [5, 5.41) is 12.5. The summed E-state index contributed by atoms with van der Waals surface area (Å²) in [5.41, 5.74) is 0.601. The average Bonchev–Trinajstić information content (AvgIpc) is 2.89. The third kappa shape index (κ3) is 3.31. The highest BCUT2D eigenvalue weighted by Gasteiger charge is 2.27. The van der Waals surface area contributed by atoms with Crippen LogP contribution in [0.25, 0.3) is 10.2 Å². The molecule has 0 fully saturated rings. The monoisotopic (exact) mass is 328 g/mol. The molecule has 0 aromatic carbocycles. The number of carbonyl (C=O) groups is 2. The molecule has 21 heavy (non-hydrogen) atoms. The van der Waals surface area contributed by atoms with Crippen molar-refractivity contribution in [2.45, 2.75) is 19.1 Å². The van der Waals surface area contributed by atoms with Gasteiger partial charge in [-0.15, -0.1) is 11.3 Å². The van der Waals surface area contributed by atoms with Gasteiger partial charge in [0.25, 0.3) is 5.91 Å². The normalized spacial score (nSPS) is 13.7. The number of halogens is 1. The molecule has 0 aliphatic rings. The van der Waals surface area contributed by atoms with Crippen molar-refractivity contribution >= 4 is 45.0 Å². The Hall–Kier alpha value is -1.70. The summed E-state index contributed by atoms with van der Waals surface area (Å²) >= 11 is 7.19. The first-order chi connectivity index (χ1) is 9.93. The lowest BCUT2D eigenvalue weighted by molar-refractivity contribution is -0.145. The number of hydrogen-bond acceptors (Lipinski definition) is 6. The summed E-state index contributed by atoms with van der Waals surface area (Å²) < 4.78 is 5.24. The first-order valence-electron chi connectivity index (χ1n) is 6.05. The third-order valence-corrected chi connectivity index (χ3v) is 4.40. The summed E-state index contributed by atoms with van der Waals surface area (Å²) in [7, 11) is 1.19. The molecule has 1 amide bonds. The minimum absolute atomic E-state index is 0.347. The van der Waals surface area contributed by atoms with Crippen molar-refractivity contribution < 1.29 is 19.4 Å². The zero-order valence-corrected chi connectivity index (χ0v) is 12.9. The van der Waals surface area contributed by atoms with Crippen molar-refractivity contribution in [3.05, 3.63) is 28.2 Å². The number of aromatic nitrogens is 1. The van der Waals surface area contributed by atoms with E-state index in [2.05, 4.69) is 15.0 Å². The van der Waals surface area contributed by atoms with Crippen LogP contribution in [-0.4, -0.2) is 41.2 Å². The highest BCUT2D eigenvalue weighted by Crippen LogP contribution is 2.30. The summed E-state index contributed by atoms with van der Waals surface area (Å²) in [4.78, 5) is 28.2. The average molecular weight is 329 g/mol. The number of aliphatic hydroxyl groups excluding tert-OH is 1. The maximum Gasteiger partial charge on any atom is 0.331 e. The fourth-order valence-electron chi connectivity index (χ4n) is 1.73. The Morgan fingerprint density at radius 1 is 1.52 bits per heavy atom. The number of nitrogens with zero attached hydrogens (tertiary/aromatic N) is 1. The summed E-state index contributed by atoms with van der Waals surface area (Å²) in [6, 6.07) is 2.09. The molecule has 2 heterocycles. The number of thiophene rings is 1. The lowest BCUT2D eigenvalue weighted by Gasteiger charge is -2.18. The van der Waals surface area contributed by atoms with Gasteiger partial charge in [0.1, 0.15) is 0 Å². The van der Waals surface area contributed by atoms with Crippen molar-refractivity contribution in [3.8, 4) is 0 Å². The second-order valence-corrected chi connectivity index (χ2v) is 5.79. The fraction of sp³-hybridized carbons (Fsp3) is 0.308. The van der Waals surface area contributed by atoms with Gasteiger partial charge in [-0.3, -0.25) is 9.78 Å². The van der Waals surface area contributed by atoms with Gasteiger partial charge in [-0.2, -0.15) is 0 Å². The maximum atomic E-state index is 12.2. The molecule has 0 saturated heterocycles. The van der Waals surface area contributed by atoms with Crippen molar-refractivity contribution in [3.63, 3.8) is 0 Å². The van der Waals surface area contributed by atoms with Gasteiger partial charge < -0.3 is 15.2 Å². The third-order valence-electron chi connectivity index (χ3n) is 2.81. The lowest BCUT2D eigenvalue weighted by atomic mass is 10.2. The molecular formula is C13H13ClN2O4S. The smallest absolute Gasteiger partial charge is 0.331 e. The largest absolute Gasteiger partial charge is 0.467 e. The van der Waals surface area contributed by atoms with Gasteiger partial charge in [-0.05, 0) is 19.1 Å². The number of methoxy groups -OCH3 is 1. The van der Waals surface area contributed by atoms with Crippen LogP contribution in [0.1, 0.15) is 16.6 Å². The van der Waals surface area contributed by atoms with E-state index in [-0.39, 0.29) is 0 Å². The van der Waals surface area contributed by atoms with E-state index < -0.39 is 24.0 Å². The minimum Gasteiger partial charge on any atom is -0.467 e. The quantitative estimate of drug-likeness (QED) is 0.832. The zero-order chi connectivity index (χ0) is 15.6. The molecule has 6 nitrogen and oxygen atoms in total. The van der Waals surface area contributed by atoms with E-state index in [4.69, 9.17) is 11.6 Å². The first kappa shape index (κ1) is 15.7. The molecule has 2 atom stereocenters. The van der Waals surface area contributed by atoms with Gasteiger partial charge in [0.15, 0.2) is 6.04 Å². The minimum atomic E-state index is -1.13. The molecule has 0 aliphatic heterocycles. The molecule has 2 aromatic rings. The number of aliphatic hydroxyl groups is 1. The topological polar surface area (TPSA) is 88.5 Å². The molecule has 0 radical (unpaired) electrons. The van der Waals surface area contributed by atoms with E-state index in [1.165, 1.54) is 14.0 Å². The molecule has 2 aromatic heterocycles. The molecular weight excluding hydrogens is 316 g/mol. The van der Waals surface area contributed by atoms with Crippen molar-refractivity contribution in [1.82, 2.24) is 10.3 Å². The Morgan fingerprint density at radius 2 is 2.24 bits per heavy atom. The molecule has 2 unspecified atom stereocenters. The molecule has 8 heteroatoms. The molecule has 0 bridgehead atoms. The van der Waals surface area contributed by atoms with Gasteiger partial charge >= 0.3 is 5.97 Å². The number of amides is 1. The Kier molecular flexibility index (Phi) is 4.76. The van der Waals surface area contributed by atoms with E-state index in [9.17, 15) is 14.7 Å². The van der Waals surface area contributed by atoms with Gasteiger partial charge in [0.05, 0.1) is 33.3 Å². The van der Waals surface area contributed by atoms with E-state index >= 15 is 0 Å². The fourth-order valence-corrected chi connectivity index (χ4v) is 2.93. The summed E-state index contributed by atoms with van der Waals surface area (Å²) in [5.74, 6) is -1.21. The lowest BCUT2D eigenvalue weighted by Crippen LogP contribution is -2.48. The van der Waals surface area contributed by atoms with Crippen LogP contribution in [0, 0.1) is 0 Å². The Labute approximate surface area is 129 Å². The molecule has 0 saturated carbocycles. The van der Waals surface area contributed by atoms with Crippen molar-refractivity contribution in [2.75, 3.05) is 7.11 Å². The number of esters is 1. The molecule has 0 spiro atoms. The van der Waals surface area contributed by atoms with Crippen LogP contribution in [0.5, 0.6) is 0 Å². The van der Waals surface area contributed by atoms with E-state index in [1.807, 2.05) is 0 Å². The van der Waals surface area contributed by atoms with Crippen molar-refractivity contribution in [2.24, 2.45) is 0 Å². The van der Waals surface area contributed by atoms with Crippen LogP contribution >= 0.6 is 22.9 Å². The van der Waals surface area contributed by atoms with Gasteiger partial charge in [0.2, 0.25) is 0 Å². The highest BCUT2D eigenvalue weighted by atomic mass is 35.5. The second kappa shape index (κ2) is 6.38. The number of nitrogens with one attached hydrogen (secondary N) is 1. The summed E-state index contributed by atoms with van der Waals surface area (Å²) in [6.45, 7) is 1.39. The van der Waals surface area contributed by atoms with E-state index in [0.29, 0.717) is 20.1 Å². The van der Waals surface area contributed by atoms with E-state index in [1.54, 1.807) is 18.3 Å². The Bertz CT molecular complexity index is 686.